The molecule has 7 heteroatoms. The normalized spacial score (nSPS) is 20.6. The van der Waals surface area contributed by atoms with E-state index in [1.54, 1.807) is 16.2 Å². The molecule has 3 aromatic rings. The topological polar surface area (TPSA) is 55.8 Å². The van der Waals surface area contributed by atoms with Gasteiger partial charge in [0.15, 0.2) is 6.61 Å². The Labute approximate surface area is 159 Å². The summed E-state index contributed by atoms with van der Waals surface area (Å²) in [6.45, 7) is 4.70. The molecule has 0 radical (unpaired) electrons. The number of amides is 1. The van der Waals surface area contributed by atoms with Crippen LogP contribution in [0.4, 0.5) is 0 Å². The van der Waals surface area contributed by atoms with Crippen LogP contribution in [-0.2, 0) is 14.3 Å². The maximum Gasteiger partial charge on any atom is 0.348 e. The van der Waals surface area contributed by atoms with Gasteiger partial charge >= 0.3 is 5.97 Å². The van der Waals surface area contributed by atoms with Gasteiger partial charge in [-0.3, -0.25) is 4.79 Å². The van der Waals surface area contributed by atoms with Gasteiger partial charge in [0.2, 0.25) is 0 Å². The number of esters is 1. The second-order valence-corrected chi connectivity index (χ2v) is 8.67. The minimum Gasteiger partial charge on any atom is -0.451 e. The van der Waals surface area contributed by atoms with Crippen LogP contribution >= 0.6 is 22.7 Å². The number of hydrogen-bond acceptors (Lipinski definition) is 6. The number of carbonyl (C=O) groups excluding carboxylic acids is 2. The number of fused-ring (bicyclic) bond motifs is 3. The van der Waals surface area contributed by atoms with Gasteiger partial charge in [-0.2, -0.15) is 0 Å². The molecule has 1 saturated heterocycles. The lowest BCUT2D eigenvalue weighted by Crippen LogP contribution is -2.49. The number of carbonyl (C=O) groups is 2. The Morgan fingerprint density at radius 2 is 1.88 bits per heavy atom. The third kappa shape index (κ3) is 3.34. The van der Waals surface area contributed by atoms with Crippen LogP contribution in [0.2, 0.25) is 0 Å². The Hall–Kier alpha value is -1.96. The van der Waals surface area contributed by atoms with Crippen LogP contribution in [0.25, 0.3) is 19.5 Å². The molecule has 0 N–H and O–H groups in total. The number of morpholine rings is 1. The number of nitrogens with zero attached hydrogens (tertiary/aromatic N) is 1. The van der Waals surface area contributed by atoms with Gasteiger partial charge in [-0.1, -0.05) is 18.2 Å². The number of rotatable bonds is 3. The predicted octanol–water partition coefficient (Wildman–Crippen LogP) is 3.91. The summed E-state index contributed by atoms with van der Waals surface area (Å²) in [6, 6.07) is 10.00. The van der Waals surface area contributed by atoms with E-state index in [-0.39, 0.29) is 24.7 Å². The first-order valence-corrected chi connectivity index (χ1v) is 10.2. The van der Waals surface area contributed by atoms with E-state index in [4.69, 9.17) is 9.47 Å². The van der Waals surface area contributed by atoms with Crippen molar-refractivity contribution < 1.29 is 19.1 Å². The average molecular weight is 389 g/mol. The molecule has 1 amide bonds. The van der Waals surface area contributed by atoms with Crippen LogP contribution in [0.15, 0.2) is 30.3 Å². The third-order valence-corrected chi connectivity index (χ3v) is 6.75. The zero-order valence-corrected chi connectivity index (χ0v) is 16.2. The Morgan fingerprint density at radius 1 is 1.15 bits per heavy atom. The van der Waals surface area contributed by atoms with Crippen LogP contribution < -0.4 is 0 Å². The highest BCUT2D eigenvalue weighted by atomic mass is 32.1. The molecule has 1 aliphatic heterocycles. The van der Waals surface area contributed by atoms with Gasteiger partial charge in [0.25, 0.3) is 5.91 Å². The number of thiophene rings is 2. The highest BCUT2D eigenvalue weighted by molar-refractivity contribution is 7.33. The molecule has 0 saturated carbocycles. The van der Waals surface area contributed by atoms with Crippen LogP contribution in [0.1, 0.15) is 23.5 Å². The van der Waals surface area contributed by atoms with Crippen molar-refractivity contribution in [3.63, 3.8) is 0 Å². The lowest BCUT2D eigenvalue weighted by molar-refractivity contribution is -0.146. The third-order valence-electron chi connectivity index (χ3n) is 4.35. The molecule has 4 rings (SSSR count). The van der Waals surface area contributed by atoms with Crippen LogP contribution in [0.5, 0.6) is 0 Å². The van der Waals surface area contributed by atoms with E-state index in [9.17, 15) is 9.59 Å². The van der Waals surface area contributed by atoms with Gasteiger partial charge in [0, 0.05) is 27.9 Å². The molecule has 0 aliphatic carbocycles. The molecule has 2 atom stereocenters. The summed E-state index contributed by atoms with van der Waals surface area (Å²) in [5.74, 6) is -0.616. The molecule has 1 aliphatic rings. The molecule has 136 valence electrons. The highest BCUT2D eigenvalue weighted by Crippen LogP contribution is 2.39. The number of benzene rings is 1. The minimum absolute atomic E-state index is 0.00392. The molecule has 1 fully saturated rings. The van der Waals surface area contributed by atoms with E-state index in [1.807, 2.05) is 32.0 Å². The van der Waals surface area contributed by atoms with Gasteiger partial charge in [0.1, 0.15) is 4.88 Å². The number of hydrogen-bond donors (Lipinski definition) is 0. The SMILES string of the molecule is C[C@H]1CN(C(=O)COC(=O)c2cc3sc4ccccc4c3s2)C[C@H](C)O1. The zero-order chi connectivity index (χ0) is 18.3. The molecular weight excluding hydrogens is 370 g/mol. The van der Waals surface area contributed by atoms with E-state index in [1.165, 1.54) is 16.0 Å². The van der Waals surface area contributed by atoms with E-state index in [0.29, 0.717) is 18.0 Å². The van der Waals surface area contributed by atoms with Crippen molar-refractivity contribution in [2.75, 3.05) is 19.7 Å². The van der Waals surface area contributed by atoms with E-state index in [2.05, 4.69) is 12.1 Å². The van der Waals surface area contributed by atoms with Crippen molar-refractivity contribution in [1.29, 1.82) is 0 Å². The lowest BCUT2D eigenvalue weighted by atomic mass is 10.2. The van der Waals surface area contributed by atoms with Gasteiger partial charge < -0.3 is 14.4 Å². The molecule has 5 nitrogen and oxygen atoms in total. The quantitative estimate of drug-likeness (QED) is 0.638. The van der Waals surface area contributed by atoms with Gasteiger partial charge in [-0.25, -0.2) is 4.79 Å². The van der Waals surface area contributed by atoms with Crippen molar-refractivity contribution in [2.24, 2.45) is 0 Å². The summed E-state index contributed by atoms with van der Waals surface area (Å²) in [5.41, 5.74) is 0. The standard InChI is InChI=1S/C19H19NO4S2/c1-11-8-20(9-12(2)24-11)17(21)10-23-19(22)16-7-15-18(26-16)13-5-3-4-6-14(13)25-15/h3-7,11-12H,8-10H2,1-2H3/t11-,12-/m0/s1. The van der Waals surface area contributed by atoms with Crippen LogP contribution in [0, 0.1) is 0 Å². The first-order valence-electron chi connectivity index (χ1n) is 8.52. The molecule has 0 spiro atoms. The smallest absolute Gasteiger partial charge is 0.348 e. The van der Waals surface area contributed by atoms with Crippen molar-refractivity contribution >= 4 is 54.0 Å². The second-order valence-electron chi connectivity index (χ2n) is 6.53. The van der Waals surface area contributed by atoms with Crippen molar-refractivity contribution in [2.45, 2.75) is 26.1 Å². The lowest BCUT2D eigenvalue weighted by Gasteiger charge is -2.35. The van der Waals surface area contributed by atoms with Gasteiger partial charge in [0.05, 0.1) is 16.9 Å². The Balaban J connectivity index is 1.43. The fourth-order valence-electron chi connectivity index (χ4n) is 3.27. The predicted molar refractivity (Wildman–Crippen MR) is 104 cm³/mol. The fraction of sp³-hybridized carbons (Fsp3) is 0.368. The average Bonchev–Trinajstić information content (AvgIpc) is 3.16. The van der Waals surface area contributed by atoms with Crippen LogP contribution in [-0.4, -0.2) is 48.7 Å². The first kappa shape index (κ1) is 17.5. The summed E-state index contributed by atoms with van der Waals surface area (Å²) in [4.78, 5) is 26.9. The number of ether oxygens (including phenoxy) is 2. The maximum atomic E-state index is 12.4. The Bertz CT molecular complexity index is 966. The summed E-state index contributed by atoms with van der Waals surface area (Å²) in [6.07, 6.45) is -0.00784. The van der Waals surface area contributed by atoms with E-state index in [0.717, 1.165) is 14.8 Å². The summed E-state index contributed by atoms with van der Waals surface area (Å²) in [5, 5.41) is 1.16. The van der Waals surface area contributed by atoms with Gasteiger partial charge in [-0.15, -0.1) is 22.7 Å². The molecular formula is C19H19NO4S2. The summed E-state index contributed by atoms with van der Waals surface area (Å²) >= 11 is 3.08. The van der Waals surface area contributed by atoms with Crippen molar-refractivity contribution in [3.05, 3.63) is 35.2 Å². The van der Waals surface area contributed by atoms with Gasteiger partial charge in [-0.05, 0) is 26.0 Å². The van der Waals surface area contributed by atoms with Crippen molar-refractivity contribution in [1.82, 2.24) is 4.90 Å². The molecule has 2 aromatic heterocycles. The van der Waals surface area contributed by atoms with E-state index < -0.39 is 5.97 Å². The first-order chi connectivity index (χ1) is 12.5. The molecule has 0 bridgehead atoms. The molecule has 0 unspecified atom stereocenters. The largest absolute Gasteiger partial charge is 0.451 e. The molecule has 26 heavy (non-hydrogen) atoms. The zero-order valence-electron chi connectivity index (χ0n) is 14.6. The highest BCUT2D eigenvalue weighted by Gasteiger charge is 2.26. The van der Waals surface area contributed by atoms with Crippen LogP contribution in [0.3, 0.4) is 0 Å². The fourth-order valence-corrected chi connectivity index (χ4v) is 5.69. The summed E-state index contributed by atoms with van der Waals surface area (Å²) in [7, 11) is 0. The van der Waals surface area contributed by atoms with E-state index >= 15 is 0 Å². The summed E-state index contributed by atoms with van der Waals surface area (Å²) < 4.78 is 14.3. The monoisotopic (exact) mass is 389 g/mol. The Kier molecular flexibility index (Phi) is 4.69. The van der Waals surface area contributed by atoms with Crippen molar-refractivity contribution in [3.8, 4) is 0 Å². The maximum absolute atomic E-state index is 12.4. The second kappa shape index (κ2) is 6.98. The molecule has 3 heterocycles. The Morgan fingerprint density at radius 3 is 2.65 bits per heavy atom. The minimum atomic E-state index is -0.440. The molecule has 1 aromatic carbocycles.